The second kappa shape index (κ2) is 6.51. The molecule has 0 heterocycles. The maximum absolute atomic E-state index is 11.8. The summed E-state index contributed by atoms with van der Waals surface area (Å²) in [5.41, 5.74) is 6.39. The van der Waals surface area contributed by atoms with Crippen molar-refractivity contribution in [2.75, 3.05) is 25.1 Å². The SMILES string of the molecule is CS(=O)(=O)CC(=O)N(CCN)Cc1ccccc1. The first-order chi connectivity index (χ1) is 8.42. The number of hydrogen-bond donors (Lipinski definition) is 1. The molecule has 18 heavy (non-hydrogen) atoms. The van der Waals surface area contributed by atoms with E-state index in [-0.39, 0.29) is 0 Å². The van der Waals surface area contributed by atoms with Crippen LogP contribution in [0.15, 0.2) is 30.3 Å². The van der Waals surface area contributed by atoms with Crippen LogP contribution in [0.2, 0.25) is 0 Å². The summed E-state index contributed by atoms with van der Waals surface area (Å²) in [6, 6.07) is 9.40. The Morgan fingerprint density at radius 2 is 1.89 bits per heavy atom. The van der Waals surface area contributed by atoms with Gasteiger partial charge in [-0.05, 0) is 5.56 Å². The van der Waals surface area contributed by atoms with Gasteiger partial charge in [0.1, 0.15) is 5.75 Å². The van der Waals surface area contributed by atoms with Crippen LogP contribution in [0.3, 0.4) is 0 Å². The van der Waals surface area contributed by atoms with Gasteiger partial charge in [-0.25, -0.2) is 8.42 Å². The summed E-state index contributed by atoms with van der Waals surface area (Å²) in [6.45, 7) is 1.04. The van der Waals surface area contributed by atoms with E-state index in [0.29, 0.717) is 19.6 Å². The first kappa shape index (κ1) is 14.7. The molecule has 0 spiro atoms. The minimum Gasteiger partial charge on any atom is -0.336 e. The molecule has 0 unspecified atom stereocenters. The lowest BCUT2D eigenvalue weighted by Crippen LogP contribution is -2.38. The third kappa shape index (κ3) is 5.29. The monoisotopic (exact) mass is 270 g/mol. The number of rotatable bonds is 6. The van der Waals surface area contributed by atoms with Crippen LogP contribution < -0.4 is 5.73 Å². The molecule has 0 saturated carbocycles. The summed E-state index contributed by atoms with van der Waals surface area (Å²) in [6.07, 6.45) is 1.05. The van der Waals surface area contributed by atoms with Gasteiger partial charge in [0.25, 0.3) is 0 Å². The Hall–Kier alpha value is -1.40. The molecule has 0 aliphatic rings. The fourth-order valence-corrected chi connectivity index (χ4v) is 2.20. The molecule has 1 rings (SSSR count). The van der Waals surface area contributed by atoms with Gasteiger partial charge in [-0.15, -0.1) is 0 Å². The molecule has 0 radical (unpaired) electrons. The summed E-state index contributed by atoms with van der Waals surface area (Å²) < 4.78 is 22.2. The molecule has 0 fully saturated rings. The van der Waals surface area contributed by atoms with Crippen LogP contribution in [0.4, 0.5) is 0 Å². The molecule has 1 amide bonds. The Morgan fingerprint density at radius 1 is 1.28 bits per heavy atom. The van der Waals surface area contributed by atoms with E-state index in [0.717, 1.165) is 11.8 Å². The molecule has 100 valence electrons. The third-order valence-electron chi connectivity index (χ3n) is 2.35. The predicted molar refractivity (Wildman–Crippen MR) is 70.6 cm³/mol. The molecule has 0 aliphatic heterocycles. The first-order valence-electron chi connectivity index (χ1n) is 5.62. The van der Waals surface area contributed by atoms with Crippen LogP contribution in [0.1, 0.15) is 5.56 Å². The maximum Gasteiger partial charge on any atom is 0.238 e. The normalized spacial score (nSPS) is 11.2. The Kier molecular flexibility index (Phi) is 5.30. The van der Waals surface area contributed by atoms with Gasteiger partial charge in [-0.1, -0.05) is 30.3 Å². The van der Waals surface area contributed by atoms with Crippen molar-refractivity contribution in [3.63, 3.8) is 0 Å². The van der Waals surface area contributed by atoms with Crippen molar-refractivity contribution >= 4 is 15.7 Å². The van der Waals surface area contributed by atoms with Gasteiger partial charge >= 0.3 is 0 Å². The minimum absolute atomic E-state index is 0.308. The molecule has 5 nitrogen and oxygen atoms in total. The van der Waals surface area contributed by atoms with E-state index < -0.39 is 21.5 Å². The lowest BCUT2D eigenvalue weighted by Gasteiger charge is -2.21. The number of amides is 1. The van der Waals surface area contributed by atoms with Crippen LogP contribution in [-0.2, 0) is 21.2 Å². The standard InChI is InChI=1S/C12H18N2O3S/c1-18(16,17)10-12(15)14(8-7-13)9-11-5-3-2-4-6-11/h2-6H,7-10,13H2,1H3. The Balaban J connectivity index is 2.74. The Morgan fingerprint density at radius 3 is 2.39 bits per heavy atom. The van der Waals surface area contributed by atoms with Crippen LogP contribution in [0, 0.1) is 0 Å². The number of sulfone groups is 1. The minimum atomic E-state index is -3.31. The molecular weight excluding hydrogens is 252 g/mol. The zero-order chi connectivity index (χ0) is 13.6. The van der Waals surface area contributed by atoms with Crippen LogP contribution in [0.5, 0.6) is 0 Å². The highest BCUT2D eigenvalue weighted by atomic mass is 32.2. The fraction of sp³-hybridized carbons (Fsp3) is 0.417. The first-order valence-corrected chi connectivity index (χ1v) is 7.68. The number of carbonyl (C=O) groups excluding carboxylic acids is 1. The molecule has 0 bridgehead atoms. The number of nitrogens with two attached hydrogens (primary N) is 1. The zero-order valence-corrected chi connectivity index (χ0v) is 11.2. The van der Waals surface area contributed by atoms with Gasteiger partial charge in [-0.3, -0.25) is 4.79 Å². The Bertz CT molecular complexity index is 485. The average Bonchev–Trinajstić information content (AvgIpc) is 2.27. The highest BCUT2D eigenvalue weighted by molar-refractivity contribution is 7.91. The molecule has 0 atom stereocenters. The number of nitrogens with zero attached hydrogens (tertiary/aromatic N) is 1. The molecule has 0 saturated heterocycles. The van der Waals surface area contributed by atoms with Crippen molar-refractivity contribution in [1.82, 2.24) is 4.90 Å². The highest BCUT2D eigenvalue weighted by Gasteiger charge is 2.18. The lowest BCUT2D eigenvalue weighted by molar-refractivity contribution is -0.128. The molecule has 2 N–H and O–H groups in total. The van der Waals surface area contributed by atoms with E-state index in [1.807, 2.05) is 30.3 Å². The zero-order valence-electron chi connectivity index (χ0n) is 10.4. The van der Waals surface area contributed by atoms with E-state index in [1.165, 1.54) is 4.90 Å². The summed E-state index contributed by atoms with van der Waals surface area (Å²) in [5, 5.41) is 0. The predicted octanol–water partition coefficient (Wildman–Crippen LogP) is 0.0185. The average molecular weight is 270 g/mol. The summed E-state index contributed by atoms with van der Waals surface area (Å²) in [5.74, 6) is -0.883. The number of hydrogen-bond acceptors (Lipinski definition) is 4. The second-order valence-electron chi connectivity index (χ2n) is 4.16. The van der Waals surface area contributed by atoms with E-state index >= 15 is 0 Å². The van der Waals surface area contributed by atoms with Crippen LogP contribution >= 0.6 is 0 Å². The molecule has 0 aromatic heterocycles. The topological polar surface area (TPSA) is 80.5 Å². The van der Waals surface area contributed by atoms with Crippen LogP contribution in [0.25, 0.3) is 0 Å². The van der Waals surface area contributed by atoms with Crippen molar-refractivity contribution in [2.45, 2.75) is 6.54 Å². The van der Waals surface area contributed by atoms with Gasteiger partial charge in [0.2, 0.25) is 5.91 Å². The van der Waals surface area contributed by atoms with Gasteiger partial charge in [-0.2, -0.15) is 0 Å². The molecular formula is C12H18N2O3S. The van der Waals surface area contributed by atoms with Gasteiger partial charge in [0, 0.05) is 25.9 Å². The highest BCUT2D eigenvalue weighted by Crippen LogP contribution is 2.05. The van der Waals surface area contributed by atoms with E-state index in [4.69, 9.17) is 5.73 Å². The van der Waals surface area contributed by atoms with Gasteiger partial charge in [0.05, 0.1) is 0 Å². The van der Waals surface area contributed by atoms with Crippen molar-refractivity contribution < 1.29 is 13.2 Å². The van der Waals surface area contributed by atoms with Gasteiger partial charge in [0.15, 0.2) is 9.84 Å². The summed E-state index contributed by atoms with van der Waals surface area (Å²) in [7, 11) is -3.31. The quantitative estimate of drug-likeness (QED) is 0.790. The van der Waals surface area contributed by atoms with Crippen LogP contribution in [-0.4, -0.2) is 44.3 Å². The third-order valence-corrected chi connectivity index (χ3v) is 3.12. The van der Waals surface area contributed by atoms with E-state index in [1.54, 1.807) is 0 Å². The molecule has 0 aliphatic carbocycles. The van der Waals surface area contributed by atoms with Gasteiger partial charge < -0.3 is 10.6 Å². The number of benzene rings is 1. The summed E-state index contributed by atoms with van der Waals surface area (Å²) >= 11 is 0. The van der Waals surface area contributed by atoms with Crippen molar-refractivity contribution in [3.05, 3.63) is 35.9 Å². The fourth-order valence-electron chi connectivity index (χ4n) is 1.57. The Labute approximate surface area is 108 Å². The smallest absolute Gasteiger partial charge is 0.238 e. The van der Waals surface area contributed by atoms with Crippen molar-refractivity contribution in [1.29, 1.82) is 0 Å². The van der Waals surface area contributed by atoms with E-state index in [2.05, 4.69) is 0 Å². The number of carbonyl (C=O) groups is 1. The second-order valence-corrected chi connectivity index (χ2v) is 6.30. The lowest BCUT2D eigenvalue weighted by atomic mass is 10.2. The van der Waals surface area contributed by atoms with E-state index in [9.17, 15) is 13.2 Å². The largest absolute Gasteiger partial charge is 0.336 e. The molecule has 1 aromatic rings. The molecule has 6 heteroatoms. The summed E-state index contributed by atoms with van der Waals surface area (Å²) in [4.78, 5) is 13.3. The van der Waals surface area contributed by atoms with Crippen molar-refractivity contribution in [3.8, 4) is 0 Å². The van der Waals surface area contributed by atoms with Crippen molar-refractivity contribution in [2.24, 2.45) is 5.73 Å². The molecule has 1 aromatic carbocycles. The maximum atomic E-state index is 11.8.